The van der Waals surface area contributed by atoms with Gasteiger partial charge in [-0.05, 0) is 20.3 Å². The van der Waals surface area contributed by atoms with Gasteiger partial charge < -0.3 is 4.90 Å². The number of nitrogens with zero attached hydrogens (tertiary/aromatic N) is 1. The van der Waals surface area contributed by atoms with Crippen molar-refractivity contribution in [2.45, 2.75) is 32.2 Å². The SMILES string of the molecule is C=CN1C(=O)CCC1(C)C. The van der Waals surface area contributed by atoms with Crippen molar-refractivity contribution in [1.29, 1.82) is 0 Å². The van der Waals surface area contributed by atoms with Crippen molar-refractivity contribution in [3.05, 3.63) is 12.8 Å². The molecule has 0 N–H and O–H groups in total. The van der Waals surface area contributed by atoms with E-state index in [1.807, 2.05) is 0 Å². The van der Waals surface area contributed by atoms with Gasteiger partial charge in [0, 0.05) is 18.2 Å². The summed E-state index contributed by atoms with van der Waals surface area (Å²) >= 11 is 0. The fourth-order valence-corrected chi connectivity index (χ4v) is 1.34. The molecule has 1 amide bonds. The van der Waals surface area contributed by atoms with Gasteiger partial charge in [-0.2, -0.15) is 0 Å². The molecule has 0 aliphatic carbocycles. The van der Waals surface area contributed by atoms with E-state index in [2.05, 4.69) is 20.4 Å². The maximum Gasteiger partial charge on any atom is 0.227 e. The Labute approximate surface area is 61.5 Å². The van der Waals surface area contributed by atoms with Crippen LogP contribution in [0.3, 0.4) is 0 Å². The maximum atomic E-state index is 11.1. The molecule has 0 aromatic heterocycles. The van der Waals surface area contributed by atoms with E-state index in [9.17, 15) is 4.79 Å². The van der Waals surface area contributed by atoms with E-state index in [0.29, 0.717) is 6.42 Å². The summed E-state index contributed by atoms with van der Waals surface area (Å²) in [6.07, 6.45) is 3.23. The highest BCUT2D eigenvalue weighted by atomic mass is 16.2. The predicted octanol–water partition coefficient (Wildman–Crippen LogP) is 1.53. The first-order valence-corrected chi connectivity index (χ1v) is 3.52. The molecule has 0 unspecified atom stereocenters. The summed E-state index contributed by atoms with van der Waals surface area (Å²) in [6, 6.07) is 0. The summed E-state index contributed by atoms with van der Waals surface area (Å²) in [6.45, 7) is 7.70. The molecule has 1 heterocycles. The van der Waals surface area contributed by atoms with E-state index >= 15 is 0 Å². The monoisotopic (exact) mass is 139 g/mol. The Morgan fingerprint density at radius 2 is 2.30 bits per heavy atom. The Kier molecular flexibility index (Phi) is 1.55. The Morgan fingerprint density at radius 1 is 1.70 bits per heavy atom. The third kappa shape index (κ3) is 0.939. The molecular formula is C8H13NO. The molecule has 1 saturated heterocycles. The number of hydrogen-bond acceptors (Lipinski definition) is 1. The second-order valence-electron chi connectivity index (χ2n) is 3.26. The molecule has 56 valence electrons. The number of hydrogen-bond donors (Lipinski definition) is 0. The summed E-state index contributed by atoms with van der Waals surface area (Å²) < 4.78 is 0. The van der Waals surface area contributed by atoms with Gasteiger partial charge in [-0.25, -0.2) is 0 Å². The Morgan fingerprint density at radius 3 is 2.50 bits per heavy atom. The molecule has 0 bridgehead atoms. The maximum absolute atomic E-state index is 11.1. The van der Waals surface area contributed by atoms with Crippen molar-refractivity contribution in [3.63, 3.8) is 0 Å². The van der Waals surface area contributed by atoms with E-state index in [1.165, 1.54) is 0 Å². The lowest BCUT2D eigenvalue weighted by atomic mass is 10.0. The molecule has 0 saturated carbocycles. The molecule has 1 aliphatic heterocycles. The van der Waals surface area contributed by atoms with E-state index in [0.717, 1.165) is 6.42 Å². The van der Waals surface area contributed by atoms with Gasteiger partial charge in [-0.1, -0.05) is 6.58 Å². The summed E-state index contributed by atoms with van der Waals surface area (Å²) in [5.74, 6) is 0.194. The molecular weight excluding hydrogens is 126 g/mol. The van der Waals surface area contributed by atoms with E-state index in [4.69, 9.17) is 0 Å². The highest BCUT2D eigenvalue weighted by molar-refractivity contribution is 5.80. The lowest BCUT2D eigenvalue weighted by Crippen LogP contribution is -2.35. The first-order chi connectivity index (χ1) is 4.58. The molecule has 0 aromatic carbocycles. The Balaban J connectivity index is 2.82. The average Bonchev–Trinajstić information content (AvgIpc) is 2.07. The van der Waals surface area contributed by atoms with Gasteiger partial charge in [0.1, 0.15) is 0 Å². The van der Waals surface area contributed by atoms with Crippen molar-refractivity contribution < 1.29 is 4.79 Å². The van der Waals surface area contributed by atoms with Gasteiger partial charge in [0.2, 0.25) is 5.91 Å². The lowest BCUT2D eigenvalue weighted by Gasteiger charge is -2.27. The first-order valence-electron chi connectivity index (χ1n) is 3.52. The van der Waals surface area contributed by atoms with E-state index in [-0.39, 0.29) is 11.4 Å². The molecule has 2 heteroatoms. The van der Waals surface area contributed by atoms with Crippen molar-refractivity contribution in [2.24, 2.45) is 0 Å². The van der Waals surface area contributed by atoms with Crippen molar-refractivity contribution in [3.8, 4) is 0 Å². The third-order valence-corrected chi connectivity index (χ3v) is 2.05. The minimum Gasteiger partial charge on any atom is -0.314 e. The number of carbonyl (C=O) groups is 1. The zero-order valence-electron chi connectivity index (χ0n) is 6.55. The van der Waals surface area contributed by atoms with Crippen LogP contribution in [0.5, 0.6) is 0 Å². The van der Waals surface area contributed by atoms with E-state index in [1.54, 1.807) is 11.1 Å². The number of likely N-dealkylation sites (tertiary alicyclic amines) is 1. The number of amides is 1. The van der Waals surface area contributed by atoms with Gasteiger partial charge in [0.15, 0.2) is 0 Å². The topological polar surface area (TPSA) is 20.3 Å². The van der Waals surface area contributed by atoms with Crippen molar-refractivity contribution >= 4 is 5.91 Å². The average molecular weight is 139 g/mol. The minimum atomic E-state index is -0.00116. The molecule has 10 heavy (non-hydrogen) atoms. The van der Waals surface area contributed by atoms with Gasteiger partial charge in [-0.15, -0.1) is 0 Å². The zero-order chi connectivity index (χ0) is 7.78. The van der Waals surface area contributed by atoms with E-state index < -0.39 is 0 Å². The summed E-state index contributed by atoms with van der Waals surface area (Å²) in [4.78, 5) is 12.8. The molecule has 2 nitrogen and oxygen atoms in total. The smallest absolute Gasteiger partial charge is 0.227 e. The molecule has 0 atom stereocenters. The summed E-state index contributed by atoms with van der Waals surface area (Å²) in [7, 11) is 0. The quantitative estimate of drug-likeness (QED) is 0.539. The number of carbonyl (C=O) groups excluding carboxylic acids is 1. The van der Waals surface area contributed by atoms with Gasteiger partial charge >= 0.3 is 0 Å². The van der Waals surface area contributed by atoms with Gasteiger partial charge in [0.25, 0.3) is 0 Å². The van der Waals surface area contributed by atoms with Crippen LogP contribution in [0.25, 0.3) is 0 Å². The summed E-state index contributed by atoms with van der Waals surface area (Å²) in [5.41, 5.74) is -0.00116. The van der Waals surface area contributed by atoms with Crippen LogP contribution < -0.4 is 0 Å². The van der Waals surface area contributed by atoms with Crippen LogP contribution in [0, 0.1) is 0 Å². The molecule has 0 spiro atoms. The molecule has 1 fully saturated rings. The largest absolute Gasteiger partial charge is 0.314 e. The standard InChI is InChI=1S/C8H13NO/c1-4-9-7(10)5-6-8(9,2)3/h4H,1,5-6H2,2-3H3. The van der Waals surface area contributed by atoms with Crippen LogP contribution in [-0.4, -0.2) is 16.3 Å². The normalized spacial score (nSPS) is 23.4. The van der Waals surface area contributed by atoms with Crippen LogP contribution in [0.2, 0.25) is 0 Å². The highest BCUT2D eigenvalue weighted by Crippen LogP contribution is 2.28. The van der Waals surface area contributed by atoms with Gasteiger partial charge in [0.05, 0.1) is 0 Å². The first kappa shape index (κ1) is 7.32. The predicted molar refractivity (Wildman–Crippen MR) is 40.4 cm³/mol. The molecule has 1 aliphatic rings. The van der Waals surface area contributed by atoms with Crippen LogP contribution in [0.4, 0.5) is 0 Å². The van der Waals surface area contributed by atoms with Crippen LogP contribution in [0.1, 0.15) is 26.7 Å². The second-order valence-corrected chi connectivity index (χ2v) is 3.26. The fourth-order valence-electron chi connectivity index (χ4n) is 1.34. The Bertz CT molecular complexity index is 172. The number of rotatable bonds is 1. The Hall–Kier alpha value is -0.790. The van der Waals surface area contributed by atoms with Crippen LogP contribution in [0.15, 0.2) is 12.8 Å². The third-order valence-electron chi connectivity index (χ3n) is 2.05. The highest BCUT2D eigenvalue weighted by Gasteiger charge is 2.35. The minimum absolute atomic E-state index is 0.00116. The van der Waals surface area contributed by atoms with Crippen LogP contribution in [-0.2, 0) is 4.79 Å². The van der Waals surface area contributed by atoms with Crippen LogP contribution >= 0.6 is 0 Å². The second kappa shape index (κ2) is 2.11. The lowest BCUT2D eigenvalue weighted by molar-refractivity contribution is -0.127. The van der Waals surface area contributed by atoms with Crippen molar-refractivity contribution in [2.75, 3.05) is 0 Å². The molecule has 0 aromatic rings. The molecule has 1 rings (SSSR count). The molecule has 0 radical (unpaired) electrons. The van der Waals surface area contributed by atoms with Gasteiger partial charge in [-0.3, -0.25) is 4.79 Å². The zero-order valence-corrected chi connectivity index (χ0v) is 6.55. The fraction of sp³-hybridized carbons (Fsp3) is 0.625. The van der Waals surface area contributed by atoms with Crippen molar-refractivity contribution in [1.82, 2.24) is 4.90 Å². The summed E-state index contributed by atoms with van der Waals surface area (Å²) in [5, 5.41) is 0.